The molecule has 82 valence electrons. The molecule has 0 saturated heterocycles. The lowest BCUT2D eigenvalue weighted by Gasteiger charge is -2.07. The highest BCUT2D eigenvalue weighted by Gasteiger charge is 2.13. The number of hydrogen-bond acceptors (Lipinski definition) is 3. The first-order valence-electron chi connectivity index (χ1n) is 4.49. The Kier molecular flexibility index (Phi) is 4.60. The summed E-state index contributed by atoms with van der Waals surface area (Å²) >= 11 is 4.90. The Hall–Kier alpha value is -0.550. The summed E-state index contributed by atoms with van der Waals surface area (Å²) < 4.78 is 0.951. The van der Waals surface area contributed by atoms with Crippen LogP contribution in [0.1, 0.15) is 12.5 Å². The van der Waals surface area contributed by atoms with Gasteiger partial charge >= 0.3 is 5.97 Å². The monoisotopic (exact) mass is 289 g/mol. The molecule has 15 heavy (non-hydrogen) atoms. The van der Waals surface area contributed by atoms with Crippen molar-refractivity contribution in [2.24, 2.45) is 5.92 Å². The van der Waals surface area contributed by atoms with Gasteiger partial charge in [0.1, 0.15) is 5.03 Å². The number of hydrogen-bond donors (Lipinski definition) is 1. The predicted octanol–water partition coefficient (Wildman–Crippen LogP) is 2.97. The second kappa shape index (κ2) is 5.51. The number of rotatable bonds is 4. The minimum Gasteiger partial charge on any atom is -0.481 e. The number of carboxylic acid groups (broad SMARTS) is 1. The van der Waals surface area contributed by atoms with E-state index >= 15 is 0 Å². The van der Waals surface area contributed by atoms with Crippen LogP contribution in [0.4, 0.5) is 0 Å². The average Bonchev–Trinajstić information content (AvgIpc) is 2.19. The number of aromatic nitrogens is 1. The molecule has 1 unspecified atom stereocenters. The maximum Gasteiger partial charge on any atom is 0.307 e. The van der Waals surface area contributed by atoms with E-state index in [4.69, 9.17) is 5.11 Å². The SMILES string of the molecule is Cc1ccnc(SCC(C)C(=O)O)c1Br. The Morgan fingerprint density at radius 1 is 1.73 bits per heavy atom. The first-order chi connectivity index (χ1) is 7.02. The standard InChI is InChI=1S/C10H12BrNO2S/c1-6-3-4-12-9(8(6)11)15-5-7(2)10(13)14/h3-4,7H,5H2,1-2H3,(H,13,14). The molecule has 1 rings (SSSR count). The minimum atomic E-state index is -0.772. The van der Waals surface area contributed by atoms with Gasteiger partial charge in [-0.25, -0.2) is 4.98 Å². The van der Waals surface area contributed by atoms with Crippen LogP contribution in [0.3, 0.4) is 0 Å². The van der Waals surface area contributed by atoms with Crippen molar-refractivity contribution in [2.45, 2.75) is 18.9 Å². The van der Waals surface area contributed by atoms with Crippen molar-refractivity contribution < 1.29 is 9.90 Å². The molecule has 1 heterocycles. The van der Waals surface area contributed by atoms with E-state index in [-0.39, 0.29) is 5.92 Å². The van der Waals surface area contributed by atoms with Gasteiger partial charge in [0, 0.05) is 11.9 Å². The van der Waals surface area contributed by atoms with E-state index in [1.807, 2.05) is 13.0 Å². The zero-order valence-electron chi connectivity index (χ0n) is 8.53. The topological polar surface area (TPSA) is 50.2 Å². The summed E-state index contributed by atoms with van der Waals surface area (Å²) in [6, 6.07) is 1.91. The summed E-state index contributed by atoms with van der Waals surface area (Å²) in [4.78, 5) is 14.8. The molecule has 0 saturated carbocycles. The maximum atomic E-state index is 10.6. The van der Waals surface area contributed by atoms with Crippen LogP contribution in [-0.2, 0) is 4.79 Å². The van der Waals surface area contributed by atoms with Crippen molar-refractivity contribution in [3.8, 4) is 0 Å². The molecule has 0 aromatic carbocycles. The number of aryl methyl sites for hydroxylation is 1. The van der Waals surface area contributed by atoms with Crippen molar-refractivity contribution in [1.29, 1.82) is 0 Å². The fourth-order valence-electron chi connectivity index (χ4n) is 0.891. The zero-order chi connectivity index (χ0) is 11.4. The van der Waals surface area contributed by atoms with Crippen molar-refractivity contribution in [3.63, 3.8) is 0 Å². The van der Waals surface area contributed by atoms with E-state index in [9.17, 15) is 4.79 Å². The third kappa shape index (κ3) is 3.50. The smallest absolute Gasteiger partial charge is 0.307 e. The molecule has 0 spiro atoms. The van der Waals surface area contributed by atoms with E-state index in [1.54, 1.807) is 13.1 Å². The third-order valence-corrected chi connectivity index (χ3v) is 4.46. The van der Waals surface area contributed by atoms with Gasteiger partial charge in [0.15, 0.2) is 0 Å². The highest BCUT2D eigenvalue weighted by atomic mass is 79.9. The van der Waals surface area contributed by atoms with Gasteiger partial charge < -0.3 is 5.11 Å². The number of nitrogens with zero attached hydrogens (tertiary/aromatic N) is 1. The molecule has 1 aromatic rings. The molecule has 5 heteroatoms. The van der Waals surface area contributed by atoms with Crippen LogP contribution in [0.2, 0.25) is 0 Å². The molecule has 0 bridgehead atoms. The van der Waals surface area contributed by atoms with Crippen LogP contribution in [0.5, 0.6) is 0 Å². The molecule has 0 amide bonds. The summed E-state index contributed by atoms with van der Waals surface area (Å²) in [5, 5.41) is 9.59. The number of pyridine rings is 1. The molecule has 0 aliphatic carbocycles. The molecular weight excluding hydrogens is 278 g/mol. The molecule has 3 nitrogen and oxygen atoms in total. The van der Waals surface area contributed by atoms with Crippen LogP contribution in [0.25, 0.3) is 0 Å². The normalized spacial score (nSPS) is 12.5. The van der Waals surface area contributed by atoms with Crippen LogP contribution < -0.4 is 0 Å². The molecule has 0 aliphatic rings. The number of carbonyl (C=O) groups is 1. The lowest BCUT2D eigenvalue weighted by atomic mass is 10.2. The number of aliphatic carboxylic acids is 1. The second-order valence-electron chi connectivity index (χ2n) is 3.30. The van der Waals surface area contributed by atoms with Crippen molar-refractivity contribution >= 4 is 33.7 Å². The summed E-state index contributed by atoms with van der Waals surface area (Å²) in [7, 11) is 0. The summed E-state index contributed by atoms with van der Waals surface area (Å²) in [5.41, 5.74) is 1.11. The Balaban J connectivity index is 2.66. The summed E-state index contributed by atoms with van der Waals surface area (Å²) in [6.07, 6.45) is 1.73. The lowest BCUT2D eigenvalue weighted by molar-refractivity contribution is -0.140. The van der Waals surface area contributed by atoms with Gasteiger partial charge in [-0.1, -0.05) is 6.92 Å². The Morgan fingerprint density at radius 2 is 2.40 bits per heavy atom. The van der Waals surface area contributed by atoms with Crippen LogP contribution in [0, 0.1) is 12.8 Å². The quantitative estimate of drug-likeness (QED) is 0.866. The van der Waals surface area contributed by atoms with E-state index in [0.29, 0.717) is 5.75 Å². The van der Waals surface area contributed by atoms with Crippen LogP contribution in [-0.4, -0.2) is 21.8 Å². The Bertz CT molecular complexity index is 370. The molecule has 1 aromatic heterocycles. The van der Waals surface area contributed by atoms with E-state index < -0.39 is 5.97 Å². The molecule has 1 N–H and O–H groups in total. The van der Waals surface area contributed by atoms with Gasteiger partial charge in [-0.05, 0) is 34.5 Å². The van der Waals surface area contributed by atoms with Gasteiger partial charge in [0.2, 0.25) is 0 Å². The highest BCUT2D eigenvalue weighted by Crippen LogP contribution is 2.28. The van der Waals surface area contributed by atoms with Crippen LogP contribution in [0.15, 0.2) is 21.8 Å². The first-order valence-corrected chi connectivity index (χ1v) is 6.27. The zero-order valence-corrected chi connectivity index (χ0v) is 10.9. The number of carboxylic acids is 1. The average molecular weight is 290 g/mol. The molecule has 0 radical (unpaired) electrons. The second-order valence-corrected chi connectivity index (χ2v) is 5.10. The van der Waals surface area contributed by atoms with Gasteiger partial charge in [-0.15, -0.1) is 11.8 Å². The van der Waals surface area contributed by atoms with E-state index in [1.165, 1.54) is 11.8 Å². The van der Waals surface area contributed by atoms with E-state index in [2.05, 4.69) is 20.9 Å². The molecular formula is C10H12BrNO2S. The number of thioether (sulfide) groups is 1. The molecule has 1 atom stereocenters. The Morgan fingerprint density at radius 3 is 3.00 bits per heavy atom. The summed E-state index contributed by atoms with van der Waals surface area (Å²) in [5.74, 6) is -0.597. The third-order valence-electron chi connectivity index (χ3n) is 1.94. The number of halogens is 1. The maximum absolute atomic E-state index is 10.6. The Labute approximate surface area is 101 Å². The lowest BCUT2D eigenvalue weighted by Crippen LogP contribution is -2.11. The predicted molar refractivity (Wildman–Crippen MR) is 64.2 cm³/mol. The van der Waals surface area contributed by atoms with E-state index in [0.717, 1.165) is 15.1 Å². The highest BCUT2D eigenvalue weighted by molar-refractivity contribution is 9.10. The fraction of sp³-hybridized carbons (Fsp3) is 0.400. The molecule has 0 fully saturated rings. The summed E-state index contributed by atoms with van der Waals surface area (Å²) in [6.45, 7) is 3.68. The van der Waals surface area contributed by atoms with Gasteiger partial charge in [-0.3, -0.25) is 4.79 Å². The van der Waals surface area contributed by atoms with Gasteiger partial charge in [0.25, 0.3) is 0 Å². The van der Waals surface area contributed by atoms with Crippen molar-refractivity contribution in [1.82, 2.24) is 4.98 Å². The van der Waals surface area contributed by atoms with Crippen LogP contribution >= 0.6 is 27.7 Å². The van der Waals surface area contributed by atoms with Crippen molar-refractivity contribution in [3.05, 3.63) is 22.3 Å². The molecule has 0 aliphatic heterocycles. The fourth-order valence-corrected chi connectivity index (χ4v) is 2.44. The van der Waals surface area contributed by atoms with Gasteiger partial charge in [-0.2, -0.15) is 0 Å². The van der Waals surface area contributed by atoms with Gasteiger partial charge in [0.05, 0.1) is 10.4 Å². The minimum absolute atomic E-state index is 0.357. The first kappa shape index (κ1) is 12.5. The largest absolute Gasteiger partial charge is 0.481 e. The van der Waals surface area contributed by atoms with Crippen molar-refractivity contribution in [2.75, 3.05) is 5.75 Å².